The third-order valence-electron chi connectivity index (χ3n) is 1.77. The molecule has 0 aliphatic carbocycles. The molecule has 0 aliphatic heterocycles. The van der Waals surface area contributed by atoms with Gasteiger partial charge in [0.2, 0.25) is 0 Å². The van der Waals surface area contributed by atoms with Gasteiger partial charge in [-0.05, 0) is 18.2 Å². The lowest BCUT2D eigenvalue weighted by molar-refractivity contribution is -0.141. The van der Waals surface area contributed by atoms with Crippen molar-refractivity contribution < 1.29 is 22.7 Å². The SMILES string of the molecule is COC(=O)/C=C/c1ccc(C(F)(F)F)nc1Cl. The number of hydrogen-bond acceptors (Lipinski definition) is 3. The van der Waals surface area contributed by atoms with Crippen LogP contribution in [0, 0.1) is 0 Å². The molecule has 0 spiro atoms. The molecule has 17 heavy (non-hydrogen) atoms. The van der Waals surface area contributed by atoms with E-state index in [1.165, 1.54) is 13.2 Å². The molecule has 1 rings (SSSR count). The number of alkyl halides is 3. The molecule has 0 radical (unpaired) electrons. The zero-order valence-electron chi connectivity index (χ0n) is 8.58. The number of hydrogen-bond donors (Lipinski definition) is 0. The fourth-order valence-corrected chi connectivity index (χ4v) is 1.17. The summed E-state index contributed by atoms with van der Waals surface area (Å²) in [7, 11) is 1.18. The van der Waals surface area contributed by atoms with Crippen LogP contribution in [-0.4, -0.2) is 18.1 Å². The third kappa shape index (κ3) is 3.74. The molecule has 0 bridgehead atoms. The van der Waals surface area contributed by atoms with E-state index < -0.39 is 17.8 Å². The number of nitrogens with zero attached hydrogens (tertiary/aromatic N) is 1. The van der Waals surface area contributed by atoms with Gasteiger partial charge >= 0.3 is 12.1 Å². The Hall–Kier alpha value is -1.56. The van der Waals surface area contributed by atoms with E-state index in [1.807, 2.05) is 0 Å². The molecule has 0 amide bonds. The maximum atomic E-state index is 12.3. The molecule has 0 aromatic carbocycles. The first-order chi connectivity index (χ1) is 7.84. The Morgan fingerprint density at radius 2 is 2.12 bits per heavy atom. The van der Waals surface area contributed by atoms with Gasteiger partial charge in [0.05, 0.1) is 7.11 Å². The van der Waals surface area contributed by atoms with Crippen LogP contribution in [0.15, 0.2) is 18.2 Å². The summed E-state index contributed by atoms with van der Waals surface area (Å²) in [5.74, 6) is -0.638. The summed E-state index contributed by atoms with van der Waals surface area (Å²) < 4.78 is 41.1. The van der Waals surface area contributed by atoms with Crippen LogP contribution < -0.4 is 0 Å². The lowest BCUT2D eigenvalue weighted by atomic mass is 10.2. The van der Waals surface area contributed by atoms with Crippen molar-refractivity contribution in [1.82, 2.24) is 4.98 Å². The van der Waals surface area contributed by atoms with Crippen LogP contribution >= 0.6 is 11.6 Å². The van der Waals surface area contributed by atoms with Crippen LogP contribution in [0.1, 0.15) is 11.3 Å². The monoisotopic (exact) mass is 265 g/mol. The predicted octanol–water partition coefficient (Wildman–Crippen LogP) is 2.94. The molecule has 3 nitrogen and oxygen atoms in total. The molecule has 1 aromatic rings. The number of carbonyl (C=O) groups is 1. The summed E-state index contributed by atoms with van der Waals surface area (Å²) in [4.78, 5) is 14.0. The highest BCUT2D eigenvalue weighted by atomic mass is 35.5. The van der Waals surface area contributed by atoms with E-state index in [-0.39, 0.29) is 10.7 Å². The van der Waals surface area contributed by atoms with Crippen LogP contribution in [-0.2, 0) is 15.7 Å². The van der Waals surface area contributed by atoms with Crippen molar-refractivity contribution in [3.05, 3.63) is 34.6 Å². The second-order valence-corrected chi connectivity index (χ2v) is 3.29. The Labute approximate surface area is 99.9 Å². The zero-order valence-corrected chi connectivity index (χ0v) is 9.34. The normalized spacial score (nSPS) is 11.8. The molecular formula is C10H7ClF3NO2. The molecule has 1 heterocycles. The van der Waals surface area contributed by atoms with E-state index in [0.29, 0.717) is 0 Å². The minimum absolute atomic E-state index is 0.199. The van der Waals surface area contributed by atoms with Crippen molar-refractivity contribution in [1.29, 1.82) is 0 Å². The average Bonchev–Trinajstić information content (AvgIpc) is 2.25. The Balaban J connectivity index is 2.99. The maximum Gasteiger partial charge on any atom is 0.433 e. The van der Waals surface area contributed by atoms with E-state index >= 15 is 0 Å². The van der Waals surface area contributed by atoms with Gasteiger partial charge in [-0.1, -0.05) is 11.6 Å². The molecule has 0 atom stereocenters. The summed E-state index contributed by atoms with van der Waals surface area (Å²) in [6.45, 7) is 0. The van der Waals surface area contributed by atoms with E-state index in [1.54, 1.807) is 0 Å². The smallest absolute Gasteiger partial charge is 0.433 e. The van der Waals surface area contributed by atoms with Gasteiger partial charge in [0.15, 0.2) is 0 Å². The molecule has 0 saturated carbocycles. The minimum Gasteiger partial charge on any atom is -0.466 e. The molecular weight excluding hydrogens is 259 g/mol. The summed E-state index contributed by atoms with van der Waals surface area (Å²) in [6, 6.07) is 1.90. The fourth-order valence-electron chi connectivity index (χ4n) is 0.953. The maximum absolute atomic E-state index is 12.3. The van der Waals surface area contributed by atoms with E-state index in [4.69, 9.17) is 11.6 Å². The summed E-state index contributed by atoms with van der Waals surface area (Å²) in [5, 5.41) is -0.333. The lowest BCUT2D eigenvalue weighted by Gasteiger charge is -2.06. The van der Waals surface area contributed by atoms with Crippen LogP contribution in [0.4, 0.5) is 13.2 Å². The largest absolute Gasteiger partial charge is 0.466 e. The molecule has 0 fully saturated rings. The molecule has 92 valence electrons. The third-order valence-corrected chi connectivity index (χ3v) is 2.07. The van der Waals surface area contributed by atoms with Gasteiger partial charge in [-0.15, -0.1) is 0 Å². The summed E-state index contributed by atoms with van der Waals surface area (Å²) in [6.07, 6.45) is -2.29. The van der Waals surface area contributed by atoms with Gasteiger partial charge in [0.1, 0.15) is 10.8 Å². The average molecular weight is 266 g/mol. The first kappa shape index (κ1) is 13.5. The second-order valence-electron chi connectivity index (χ2n) is 2.93. The van der Waals surface area contributed by atoms with Gasteiger partial charge < -0.3 is 4.74 Å². The van der Waals surface area contributed by atoms with Crippen molar-refractivity contribution in [3.63, 3.8) is 0 Å². The highest BCUT2D eigenvalue weighted by molar-refractivity contribution is 6.30. The van der Waals surface area contributed by atoms with Gasteiger partial charge in [-0.25, -0.2) is 9.78 Å². The van der Waals surface area contributed by atoms with Crippen LogP contribution in [0.3, 0.4) is 0 Å². The van der Waals surface area contributed by atoms with Crippen molar-refractivity contribution in [2.75, 3.05) is 7.11 Å². The highest BCUT2D eigenvalue weighted by Gasteiger charge is 2.32. The quantitative estimate of drug-likeness (QED) is 0.469. The predicted molar refractivity (Wildman–Crippen MR) is 55.3 cm³/mol. The fraction of sp³-hybridized carbons (Fsp3) is 0.200. The topological polar surface area (TPSA) is 39.2 Å². The number of esters is 1. The zero-order chi connectivity index (χ0) is 13.1. The number of carbonyl (C=O) groups excluding carboxylic acids is 1. The van der Waals surface area contributed by atoms with Gasteiger partial charge in [0.25, 0.3) is 0 Å². The Morgan fingerprint density at radius 3 is 2.59 bits per heavy atom. The van der Waals surface area contributed by atoms with E-state index in [2.05, 4.69) is 9.72 Å². The molecule has 0 unspecified atom stereocenters. The highest BCUT2D eigenvalue weighted by Crippen LogP contribution is 2.29. The van der Waals surface area contributed by atoms with Gasteiger partial charge in [-0.2, -0.15) is 13.2 Å². The van der Waals surface area contributed by atoms with E-state index in [0.717, 1.165) is 18.2 Å². The number of methoxy groups -OCH3 is 1. The van der Waals surface area contributed by atoms with Crippen LogP contribution in [0.5, 0.6) is 0 Å². The summed E-state index contributed by atoms with van der Waals surface area (Å²) >= 11 is 5.55. The first-order valence-electron chi connectivity index (χ1n) is 4.34. The van der Waals surface area contributed by atoms with Crippen molar-refractivity contribution in [3.8, 4) is 0 Å². The number of ether oxygens (including phenoxy) is 1. The van der Waals surface area contributed by atoms with Crippen molar-refractivity contribution >= 4 is 23.6 Å². The number of aromatic nitrogens is 1. The lowest BCUT2D eigenvalue weighted by Crippen LogP contribution is -2.08. The molecule has 0 saturated heterocycles. The minimum atomic E-state index is -4.55. The van der Waals surface area contributed by atoms with Gasteiger partial charge in [0, 0.05) is 11.6 Å². The van der Waals surface area contributed by atoms with Crippen molar-refractivity contribution in [2.24, 2.45) is 0 Å². The second kappa shape index (κ2) is 5.18. The van der Waals surface area contributed by atoms with Crippen molar-refractivity contribution in [2.45, 2.75) is 6.18 Å². The molecule has 7 heteroatoms. The number of pyridine rings is 1. The molecule has 0 N–H and O–H groups in total. The van der Waals surface area contributed by atoms with Gasteiger partial charge in [-0.3, -0.25) is 0 Å². The van der Waals surface area contributed by atoms with Crippen LogP contribution in [0.2, 0.25) is 5.15 Å². The molecule has 0 aliphatic rings. The summed E-state index contributed by atoms with van der Waals surface area (Å²) in [5.41, 5.74) is -0.886. The Bertz CT molecular complexity index is 457. The Kier molecular flexibility index (Phi) is 4.11. The van der Waals surface area contributed by atoms with Crippen LogP contribution in [0.25, 0.3) is 6.08 Å². The standard InChI is InChI=1S/C10H7ClF3NO2/c1-17-8(16)5-3-6-2-4-7(10(12,13)14)15-9(6)11/h2-5H,1H3/b5-3+. The first-order valence-corrected chi connectivity index (χ1v) is 4.72. The number of halogens is 4. The van der Waals surface area contributed by atoms with E-state index in [9.17, 15) is 18.0 Å². The Morgan fingerprint density at radius 1 is 1.47 bits per heavy atom. The number of rotatable bonds is 2. The molecule has 1 aromatic heterocycles.